The summed E-state index contributed by atoms with van der Waals surface area (Å²) in [6.07, 6.45) is 6.49. The van der Waals surface area contributed by atoms with E-state index in [0.29, 0.717) is 22.3 Å². The summed E-state index contributed by atoms with van der Waals surface area (Å²) in [7, 11) is 1.77. The zero-order chi connectivity index (χ0) is 14.5. The second-order valence-corrected chi connectivity index (χ2v) is 6.05. The minimum Gasteiger partial charge on any atom is -0.373 e. The monoisotopic (exact) mass is 295 g/mol. The van der Waals surface area contributed by atoms with Gasteiger partial charge in [0.2, 0.25) is 0 Å². The van der Waals surface area contributed by atoms with E-state index >= 15 is 0 Å². The highest BCUT2D eigenvalue weighted by molar-refractivity contribution is 6.33. The van der Waals surface area contributed by atoms with Crippen LogP contribution in [0.4, 0.5) is 5.82 Å². The molecule has 1 fully saturated rings. The minimum absolute atomic E-state index is 0.118. The van der Waals surface area contributed by atoms with Crippen LogP contribution in [0.1, 0.15) is 43.0 Å². The lowest BCUT2D eigenvalue weighted by Gasteiger charge is -2.26. The maximum absolute atomic E-state index is 12.2. The van der Waals surface area contributed by atoms with Gasteiger partial charge in [-0.25, -0.2) is 4.98 Å². The molecule has 1 saturated carbocycles. The van der Waals surface area contributed by atoms with E-state index in [1.54, 1.807) is 13.1 Å². The number of carbonyl (C=O) groups excluding carboxylic acids is 1. The van der Waals surface area contributed by atoms with E-state index in [1.807, 2.05) is 0 Å². The van der Waals surface area contributed by atoms with Gasteiger partial charge in [-0.15, -0.1) is 0 Å². The SMILES string of the molecule is CNc1cc(C(=O)NCC2CCCC(C)C2)c(Cl)cn1. The number of hydrogen-bond donors (Lipinski definition) is 2. The fraction of sp³-hybridized carbons (Fsp3) is 0.600. The molecule has 1 aromatic heterocycles. The van der Waals surface area contributed by atoms with Crippen LogP contribution in [0.5, 0.6) is 0 Å². The molecule has 1 aromatic rings. The molecule has 110 valence electrons. The normalized spacial score (nSPS) is 22.4. The van der Waals surface area contributed by atoms with Crippen molar-refractivity contribution < 1.29 is 4.79 Å². The van der Waals surface area contributed by atoms with E-state index in [-0.39, 0.29) is 5.91 Å². The van der Waals surface area contributed by atoms with Gasteiger partial charge in [-0.3, -0.25) is 4.79 Å². The quantitative estimate of drug-likeness (QED) is 0.896. The van der Waals surface area contributed by atoms with Gasteiger partial charge in [-0.1, -0.05) is 31.4 Å². The van der Waals surface area contributed by atoms with Gasteiger partial charge in [-0.2, -0.15) is 0 Å². The zero-order valence-corrected chi connectivity index (χ0v) is 12.8. The third-order valence-electron chi connectivity index (χ3n) is 3.95. The second-order valence-electron chi connectivity index (χ2n) is 5.65. The summed E-state index contributed by atoms with van der Waals surface area (Å²) in [6, 6.07) is 1.68. The van der Waals surface area contributed by atoms with Gasteiger partial charge in [0.05, 0.1) is 10.6 Å². The Hall–Kier alpha value is -1.29. The molecule has 4 nitrogen and oxygen atoms in total. The number of carbonyl (C=O) groups is 1. The van der Waals surface area contributed by atoms with Crippen molar-refractivity contribution in [1.82, 2.24) is 10.3 Å². The number of hydrogen-bond acceptors (Lipinski definition) is 3. The van der Waals surface area contributed by atoms with Crippen molar-refractivity contribution in [3.05, 3.63) is 22.8 Å². The van der Waals surface area contributed by atoms with E-state index in [0.717, 1.165) is 12.5 Å². The Balaban J connectivity index is 1.94. The molecule has 0 radical (unpaired) electrons. The first-order valence-corrected chi connectivity index (χ1v) is 7.59. The topological polar surface area (TPSA) is 54.0 Å². The predicted molar refractivity (Wildman–Crippen MR) is 82.2 cm³/mol. The number of rotatable bonds is 4. The standard InChI is InChI=1S/C15H22ClN3O/c1-10-4-3-5-11(6-10)8-19-15(20)12-7-14(17-2)18-9-13(12)16/h7,9-11H,3-6,8H2,1-2H3,(H,17,18)(H,19,20). The van der Waals surface area contributed by atoms with Crippen LogP contribution in [0, 0.1) is 11.8 Å². The molecular formula is C15H22ClN3O. The van der Waals surface area contributed by atoms with Crippen LogP contribution in [0.25, 0.3) is 0 Å². The van der Waals surface area contributed by atoms with Crippen LogP contribution in [-0.2, 0) is 0 Å². The molecule has 1 amide bonds. The van der Waals surface area contributed by atoms with E-state index in [4.69, 9.17) is 11.6 Å². The second kappa shape index (κ2) is 6.93. The summed E-state index contributed by atoms with van der Waals surface area (Å²) in [5.41, 5.74) is 0.481. The Bertz CT molecular complexity index is 478. The molecule has 1 heterocycles. The van der Waals surface area contributed by atoms with Crippen LogP contribution < -0.4 is 10.6 Å². The van der Waals surface area contributed by atoms with E-state index < -0.39 is 0 Å². The first kappa shape index (κ1) is 15.1. The fourth-order valence-electron chi connectivity index (χ4n) is 2.83. The largest absolute Gasteiger partial charge is 0.373 e. The first-order valence-electron chi connectivity index (χ1n) is 7.21. The van der Waals surface area contributed by atoms with E-state index in [1.165, 1.54) is 31.9 Å². The highest BCUT2D eigenvalue weighted by atomic mass is 35.5. The van der Waals surface area contributed by atoms with Gasteiger partial charge in [-0.05, 0) is 30.7 Å². The van der Waals surface area contributed by atoms with Crippen molar-refractivity contribution in [2.75, 3.05) is 18.9 Å². The summed E-state index contributed by atoms with van der Waals surface area (Å²) in [4.78, 5) is 16.3. The smallest absolute Gasteiger partial charge is 0.252 e. The van der Waals surface area contributed by atoms with E-state index in [9.17, 15) is 4.79 Å². The van der Waals surface area contributed by atoms with Crippen LogP contribution in [0.3, 0.4) is 0 Å². The average molecular weight is 296 g/mol. The lowest BCUT2D eigenvalue weighted by molar-refractivity contribution is 0.0941. The molecule has 0 saturated heterocycles. The molecule has 0 bridgehead atoms. The molecule has 1 aliphatic rings. The predicted octanol–water partition coefficient (Wildman–Crippen LogP) is 3.33. The van der Waals surface area contributed by atoms with Gasteiger partial charge in [0.1, 0.15) is 5.82 Å². The minimum atomic E-state index is -0.118. The molecule has 0 aliphatic heterocycles. The fourth-order valence-corrected chi connectivity index (χ4v) is 3.02. The van der Waals surface area contributed by atoms with Crippen LogP contribution in [0.15, 0.2) is 12.3 Å². The molecule has 0 aromatic carbocycles. The average Bonchev–Trinajstić information content (AvgIpc) is 2.45. The summed E-state index contributed by atoms with van der Waals surface area (Å²) < 4.78 is 0. The van der Waals surface area contributed by atoms with Gasteiger partial charge < -0.3 is 10.6 Å². The molecule has 1 aliphatic carbocycles. The van der Waals surface area contributed by atoms with Gasteiger partial charge >= 0.3 is 0 Å². The molecule has 20 heavy (non-hydrogen) atoms. The van der Waals surface area contributed by atoms with Crippen molar-refractivity contribution in [1.29, 1.82) is 0 Å². The highest BCUT2D eigenvalue weighted by Gasteiger charge is 2.20. The lowest BCUT2D eigenvalue weighted by Crippen LogP contribution is -2.31. The molecule has 2 N–H and O–H groups in total. The van der Waals surface area contributed by atoms with Crippen molar-refractivity contribution in [3.63, 3.8) is 0 Å². The highest BCUT2D eigenvalue weighted by Crippen LogP contribution is 2.28. The third-order valence-corrected chi connectivity index (χ3v) is 4.25. The Kier molecular flexibility index (Phi) is 5.24. The van der Waals surface area contributed by atoms with Crippen LogP contribution >= 0.6 is 11.6 Å². The third kappa shape index (κ3) is 3.85. The molecule has 0 spiro atoms. The number of pyridine rings is 1. The van der Waals surface area contributed by atoms with E-state index in [2.05, 4.69) is 22.5 Å². The number of nitrogens with one attached hydrogen (secondary N) is 2. The number of nitrogens with zero attached hydrogens (tertiary/aromatic N) is 1. The zero-order valence-electron chi connectivity index (χ0n) is 12.1. The summed E-state index contributed by atoms with van der Waals surface area (Å²) in [6.45, 7) is 3.02. The Morgan fingerprint density at radius 3 is 3.00 bits per heavy atom. The number of halogens is 1. The summed E-state index contributed by atoms with van der Waals surface area (Å²) in [5.74, 6) is 1.89. The summed E-state index contributed by atoms with van der Waals surface area (Å²) >= 11 is 6.04. The maximum atomic E-state index is 12.2. The van der Waals surface area contributed by atoms with Gasteiger partial charge in [0.25, 0.3) is 5.91 Å². The molecule has 5 heteroatoms. The molecule has 2 atom stereocenters. The molecular weight excluding hydrogens is 274 g/mol. The molecule has 2 unspecified atom stereocenters. The van der Waals surface area contributed by atoms with Crippen LogP contribution in [-0.4, -0.2) is 24.5 Å². The van der Waals surface area contributed by atoms with Gasteiger partial charge in [0.15, 0.2) is 0 Å². The summed E-state index contributed by atoms with van der Waals surface area (Å²) in [5, 5.41) is 6.30. The Morgan fingerprint density at radius 2 is 2.30 bits per heavy atom. The Morgan fingerprint density at radius 1 is 1.50 bits per heavy atom. The van der Waals surface area contributed by atoms with Crippen molar-refractivity contribution >= 4 is 23.3 Å². The van der Waals surface area contributed by atoms with Crippen LogP contribution in [0.2, 0.25) is 5.02 Å². The molecule has 2 rings (SSSR count). The first-order chi connectivity index (χ1) is 9.60. The Labute approximate surface area is 125 Å². The number of aromatic nitrogens is 1. The van der Waals surface area contributed by atoms with Gasteiger partial charge in [0, 0.05) is 19.8 Å². The van der Waals surface area contributed by atoms with Crippen molar-refractivity contribution in [3.8, 4) is 0 Å². The maximum Gasteiger partial charge on any atom is 0.252 e. The van der Waals surface area contributed by atoms with Crippen molar-refractivity contribution in [2.24, 2.45) is 11.8 Å². The lowest BCUT2D eigenvalue weighted by atomic mass is 9.82. The number of amides is 1. The van der Waals surface area contributed by atoms with Crippen molar-refractivity contribution in [2.45, 2.75) is 32.6 Å². The number of anilines is 1.